The first-order chi connectivity index (χ1) is 15.4. The van der Waals surface area contributed by atoms with Gasteiger partial charge in [0.2, 0.25) is 10.9 Å². The summed E-state index contributed by atoms with van der Waals surface area (Å²) in [6, 6.07) is 5.49. The summed E-state index contributed by atoms with van der Waals surface area (Å²) < 4.78 is 93.6. The molecule has 0 fully saturated rings. The molecule has 0 unspecified atom stereocenters. The van der Waals surface area contributed by atoms with E-state index in [9.17, 15) is 30.4 Å². The number of aryl methyl sites for hydroxylation is 1. The molecule has 0 bridgehead atoms. The van der Waals surface area contributed by atoms with Gasteiger partial charge in [-0.3, -0.25) is 4.31 Å². The third-order valence-electron chi connectivity index (χ3n) is 4.46. The van der Waals surface area contributed by atoms with Gasteiger partial charge in [-0.25, -0.2) is 17.8 Å². The van der Waals surface area contributed by atoms with E-state index in [1.807, 2.05) is 6.92 Å². The Labute approximate surface area is 194 Å². The highest BCUT2D eigenvalue weighted by Gasteiger charge is 2.44. The maximum Gasteiger partial charge on any atom is 0.461 e. The van der Waals surface area contributed by atoms with E-state index in [1.54, 1.807) is 31.3 Å². The summed E-state index contributed by atoms with van der Waals surface area (Å²) in [5, 5.41) is 0.151. The second kappa shape index (κ2) is 11.0. The molecule has 0 aliphatic heterocycles. The van der Waals surface area contributed by atoms with Gasteiger partial charge in [-0.05, 0) is 49.2 Å². The summed E-state index contributed by atoms with van der Waals surface area (Å²) in [6.07, 6.45) is -7.55. The molecule has 2 rings (SSSR count). The predicted octanol–water partition coefficient (Wildman–Crippen LogP) is 5.17. The van der Waals surface area contributed by atoms with Gasteiger partial charge in [-0.1, -0.05) is 17.7 Å². The molecule has 0 atom stereocenters. The summed E-state index contributed by atoms with van der Waals surface area (Å²) in [4.78, 5) is 6.04. The molecule has 0 saturated heterocycles. The van der Waals surface area contributed by atoms with E-state index < -0.39 is 41.5 Å². The molecular weight excluding hydrogens is 493 g/mol. The van der Waals surface area contributed by atoms with E-state index in [2.05, 4.69) is 9.73 Å². The molecule has 13 heteroatoms. The maximum atomic E-state index is 13.8. The van der Waals surface area contributed by atoms with Gasteiger partial charge in [-0.2, -0.15) is 17.6 Å². The Morgan fingerprint density at radius 1 is 1.24 bits per heavy atom. The van der Waals surface area contributed by atoms with Crippen LogP contribution >= 0.6 is 11.6 Å². The van der Waals surface area contributed by atoms with Crippen molar-refractivity contribution < 1.29 is 35.1 Å². The van der Waals surface area contributed by atoms with Gasteiger partial charge < -0.3 is 9.64 Å². The molecule has 182 valence electrons. The quantitative estimate of drug-likeness (QED) is 0.206. The lowest BCUT2D eigenvalue weighted by molar-refractivity contribution is -0.254. The Balaban J connectivity index is 2.38. The fraction of sp³-hybridized carbons (Fsp3) is 0.350. The zero-order valence-corrected chi connectivity index (χ0v) is 19.4. The fourth-order valence-corrected chi connectivity index (χ4v) is 3.47. The highest BCUT2D eigenvalue weighted by atomic mass is 35.5. The van der Waals surface area contributed by atoms with Crippen LogP contribution in [0, 0.1) is 12.7 Å². The molecule has 0 aromatic heterocycles. The van der Waals surface area contributed by atoms with Crippen molar-refractivity contribution in [3.05, 3.63) is 52.3 Å². The van der Waals surface area contributed by atoms with Crippen molar-refractivity contribution in [2.24, 2.45) is 4.99 Å². The second-order valence-electron chi connectivity index (χ2n) is 6.93. The number of thiol groups is 1. The van der Waals surface area contributed by atoms with Crippen molar-refractivity contribution in [1.82, 2.24) is 4.90 Å². The highest BCUT2D eigenvalue weighted by molar-refractivity contribution is 7.74. The lowest BCUT2D eigenvalue weighted by Gasteiger charge is -2.22. The molecular formula is C20H21ClF5N3O3S. The van der Waals surface area contributed by atoms with Crippen molar-refractivity contribution >= 4 is 40.2 Å². The van der Waals surface area contributed by atoms with Crippen molar-refractivity contribution in [2.75, 3.05) is 17.9 Å². The van der Waals surface area contributed by atoms with Crippen LogP contribution in [0.25, 0.3) is 0 Å². The topological polar surface area (TPSA) is 62.2 Å². The monoisotopic (exact) mass is 513 g/mol. The molecule has 2 aromatic rings. The first-order valence-corrected chi connectivity index (χ1v) is 11.0. The minimum absolute atomic E-state index is 0.0119. The van der Waals surface area contributed by atoms with Crippen LogP contribution in [0.3, 0.4) is 0 Å². The largest absolute Gasteiger partial charge is 0.461 e. The van der Waals surface area contributed by atoms with Gasteiger partial charge in [0.25, 0.3) is 0 Å². The van der Waals surface area contributed by atoms with Gasteiger partial charge in [0.05, 0.1) is 29.3 Å². The predicted molar refractivity (Wildman–Crippen MR) is 117 cm³/mol. The van der Waals surface area contributed by atoms with Crippen LogP contribution < -0.4 is 9.04 Å². The second-order valence-corrected chi connectivity index (χ2v) is 8.30. The fourth-order valence-electron chi connectivity index (χ4n) is 2.59. The highest BCUT2D eigenvalue weighted by Crippen LogP contribution is 2.35. The minimum Gasteiger partial charge on any atom is -0.425 e. The SMILES string of the molecule is CCN(C)C=Nc1cc(C)c(N(Cc2ccc(F)c(OC(F)(F)C(F)F)c2)[SH](=O)=O)cc1Cl. The van der Waals surface area contributed by atoms with Gasteiger partial charge in [0, 0.05) is 13.6 Å². The third kappa shape index (κ3) is 6.94. The molecule has 33 heavy (non-hydrogen) atoms. The van der Waals surface area contributed by atoms with E-state index in [-0.39, 0.29) is 16.3 Å². The number of anilines is 1. The normalized spacial score (nSPS) is 12.1. The van der Waals surface area contributed by atoms with Crippen molar-refractivity contribution in [3.8, 4) is 5.75 Å². The van der Waals surface area contributed by atoms with Crippen molar-refractivity contribution in [1.29, 1.82) is 0 Å². The van der Waals surface area contributed by atoms with Crippen LogP contribution in [0.15, 0.2) is 35.3 Å². The summed E-state index contributed by atoms with van der Waals surface area (Å²) in [5.41, 5.74) is 1.06. The number of hydrogen-bond acceptors (Lipinski definition) is 4. The number of nitrogens with zero attached hydrogens (tertiary/aromatic N) is 3. The molecule has 0 saturated carbocycles. The molecule has 0 aliphatic carbocycles. The van der Waals surface area contributed by atoms with Gasteiger partial charge in [-0.15, -0.1) is 0 Å². The standard InChI is InChI=1S/C20H21ClF5N3O3S/c1-4-28(3)11-27-16-7-12(2)17(9-14(16)21)29(33(30)31)10-13-5-6-15(22)18(8-13)32-20(25,26)19(23)24/h5-9,11,19,33H,4,10H2,1-3H3. The molecule has 0 spiro atoms. The number of hydrogen-bond donors (Lipinski definition) is 1. The van der Waals surface area contributed by atoms with Crippen LogP contribution in [-0.2, 0) is 17.4 Å². The first-order valence-electron chi connectivity index (χ1n) is 9.45. The average molecular weight is 514 g/mol. The van der Waals surface area contributed by atoms with E-state index in [0.717, 1.165) is 16.4 Å². The number of halogens is 6. The minimum atomic E-state index is -4.92. The third-order valence-corrected chi connectivity index (χ3v) is 5.52. The molecule has 0 radical (unpaired) electrons. The van der Waals surface area contributed by atoms with Gasteiger partial charge in [0.15, 0.2) is 11.6 Å². The van der Waals surface area contributed by atoms with Crippen LogP contribution in [0.4, 0.5) is 33.3 Å². The van der Waals surface area contributed by atoms with Crippen LogP contribution in [0.2, 0.25) is 5.02 Å². The number of aliphatic imine (C=N–C) groups is 1. The van der Waals surface area contributed by atoms with Gasteiger partial charge >= 0.3 is 12.5 Å². The zero-order chi connectivity index (χ0) is 24.9. The van der Waals surface area contributed by atoms with Crippen LogP contribution in [0.1, 0.15) is 18.1 Å². The Bertz CT molecular complexity index is 1090. The summed E-state index contributed by atoms with van der Waals surface area (Å²) in [6.45, 7) is 3.82. The Morgan fingerprint density at radius 3 is 2.48 bits per heavy atom. The molecule has 0 amide bonds. The number of ether oxygens (including phenoxy) is 1. The first kappa shape index (κ1) is 26.7. The molecule has 0 aliphatic rings. The molecule has 2 aromatic carbocycles. The zero-order valence-electron chi connectivity index (χ0n) is 17.7. The number of rotatable bonds is 10. The van der Waals surface area contributed by atoms with Crippen molar-refractivity contribution in [3.63, 3.8) is 0 Å². The molecule has 0 N–H and O–H groups in total. The summed E-state index contributed by atoms with van der Waals surface area (Å²) >= 11 is 6.25. The number of benzene rings is 2. The Morgan fingerprint density at radius 2 is 1.91 bits per heavy atom. The lowest BCUT2D eigenvalue weighted by atomic mass is 10.1. The smallest absolute Gasteiger partial charge is 0.425 e. The van der Waals surface area contributed by atoms with Crippen molar-refractivity contribution in [2.45, 2.75) is 32.9 Å². The van der Waals surface area contributed by atoms with E-state index >= 15 is 0 Å². The van der Waals surface area contributed by atoms with Crippen LogP contribution in [-0.4, -0.2) is 45.8 Å². The molecule has 0 heterocycles. The van der Waals surface area contributed by atoms with E-state index in [4.69, 9.17) is 11.6 Å². The average Bonchev–Trinajstić information content (AvgIpc) is 2.73. The molecule has 6 nitrogen and oxygen atoms in total. The lowest BCUT2D eigenvalue weighted by Crippen LogP contribution is -2.33. The van der Waals surface area contributed by atoms with Gasteiger partial charge in [0.1, 0.15) is 0 Å². The van der Waals surface area contributed by atoms with E-state index in [0.29, 0.717) is 23.9 Å². The maximum absolute atomic E-state index is 13.8. The Hall–Kier alpha value is -2.60. The van der Waals surface area contributed by atoms with E-state index in [1.165, 1.54) is 6.07 Å². The van der Waals surface area contributed by atoms with Crippen LogP contribution in [0.5, 0.6) is 5.75 Å². The summed E-state index contributed by atoms with van der Waals surface area (Å²) in [5.74, 6) is -2.45. The number of alkyl halides is 4. The Kier molecular flexibility index (Phi) is 8.89. The summed E-state index contributed by atoms with van der Waals surface area (Å²) in [7, 11) is -1.45.